The minimum atomic E-state index is -1.30. The zero-order chi connectivity index (χ0) is 16.1. The lowest BCUT2D eigenvalue weighted by atomic mass is 9.96. The molecule has 1 aliphatic rings. The standard InChI is InChI=1S/C16H20O6/c1-21-13-5-3-2-4-10(13)6-7-11(17)8-14-16(20)15(19)12(18)9-22-14/h2-7,12,14-16,18-20H,8-9H2,1H3/b7-6+/t12-,14+,15+,16+/m1/s1. The number of hydrogen-bond acceptors (Lipinski definition) is 6. The fourth-order valence-corrected chi connectivity index (χ4v) is 2.30. The van der Waals surface area contributed by atoms with E-state index in [-0.39, 0.29) is 18.8 Å². The molecule has 120 valence electrons. The van der Waals surface area contributed by atoms with Crippen LogP contribution in [0.25, 0.3) is 6.08 Å². The Labute approximate surface area is 128 Å². The van der Waals surface area contributed by atoms with Crippen molar-refractivity contribution in [2.75, 3.05) is 13.7 Å². The molecule has 1 aromatic rings. The van der Waals surface area contributed by atoms with Gasteiger partial charge < -0.3 is 24.8 Å². The van der Waals surface area contributed by atoms with Crippen LogP contribution in [0.3, 0.4) is 0 Å². The van der Waals surface area contributed by atoms with Crippen molar-refractivity contribution in [1.82, 2.24) is 0 Å². The summed E-state index contributed by atoms with van der Waals surface area (Å²) in [4.78, 5) is 12.0. The number of allylic oxidation sites excluding steroid dienone is 1. The van der Waals surface area contributed by atoms with Gasteiger partial charge in [0.15, 0.2) is 5.78 Å². The zero-order valence-electron chi connectivity index (χ0n) is 12.3. The minimum Gasteiger partial charge on any atom is -0.496 e. The molecule has 1 aliphatic heterocycles. The number of ether oxygens (including phenoxy) is 2. The van der Waals surface area contributed by atoms with E-state index >= 15 is 0 Å². The fourth-order valence-electron chi connectivity index (χ4n) is 2.30. The van der Waals surface area contributed by atoms with Gasteiger partial charge >= 0.3 is 0 Å². The van der Waals surface area contributed by atoms with Crippen LogP contribution in [-0.2, 0) is 9.53 Å². The van der Waals surface area contributed by atoms with Crippen LogP contribution >= 0.6 is 0 Å². The van der Waals surface area contributed by atoms with Gasteiger partial charge in [0, 0.05) is 12.0 Å². The number of carbonyl (C=O) groups excluding carboxylic acids is 1. The molecule has 0 radical (unpaired) electrons. The average molecular weight is 308 g/mol. The molecule has 0 aliphatic carbocycles. The molecule has 0 aromatic heterocycles. The number of methoxy groups -OCH3 is 1. The summed E-state index contributed by atoms with van der Waals surface area (Å²) in [6.07, 6.45) is -1.61. The van der Waals surface area contributed by atoms with Crippen LogP contribution in [0.4, 0.5) is 0 Å². The number of carbonyl (C=O) groups is 1. The molecule has 0 unspecified atom stereocenters. The number of ketones is 1. The second-order valence-corrected chi connectivity index (χ2v) is 5.17. The van der Waals surface area contributed by atoms with Gasteiger partial charge in [-0.05, 0) is 18.2 Å². The topological polar surface area (TPSA) is 96.2 Å². The van der Waals surface area contributed by atoms with Crippen LogP contribution in [0.1, 0.15) is 12.0 Å². The Bertz CT molecular complexity index is 541. The first-order valence-corrected chi connectivity index (χ1v) is 7.02. The maximum Gasteiger partial charge on any atom is 0.158 e. The lowest BCUT2D eigenvalue weighted by molar-refractivity contribution is -0.188. The molecule has 0 amide bonds. The van der Waals surface area contributed by atoms with E-state index in [0.717, 1.165) is 5.56 Å². The van der Waals surface area contributed by atoms with Crippen LogP contribution in [0.5, 0.6) is 5.75 Å². The van der Waals surface area contributed by atoms with Gasteiger partial charge in [0.1, 0.15) is 24.1 Å². The lowest BCUT2D eigenvalue weighted by Crippen LogP contribution is -2.53. The van der Waals surface area contributed by atoms with Gasteiger partial charge in [0.25, 0.3) is 0 Å². The fraction of sp³-hybridized carbons (Fsp3) is 0.438. The van der Waals surface area contributed by atoms with E-state index in [9.17, 15) is 20.1 Å². The number of hydrogen-bond donors (Lipinski definition) is 3. The molecule has 1 fully saturated rings. The van der Waals surface area contributed by atoms with Crippen molar-refractivity contribution in [2.45, 2.75) is 30.8 Å². The smallest absolute Gasteiger partial charge is 0.158 e. The predicted octanol–water partition coefficient (Wildman–Crippen LogP) is 0.149. The Hall–Kier alpha value is -1.73. The highest BCUT2D eigenvalue weighted by atomic mass is 16.5. The molecule has 0 spiro atoms. The SMILES string of the molecule is COc1ccccc1/C=C/C(=O)C[C@@H]1OC[C@@H](O)[C@H](O)[C@H]1O. The summed E-state index contributed by atoms with van der Waals surface area (Å²) in [5.41, 5.74) is 0.763. The maximum absolute atomic E-state index is 12.0. The van der Waals surface area contributed by atoms with E-state index < -0.39 is 24.4 Å². The predicted molar refractivity (Wildman–Crippen MR) is 79.4 cm³/mol. The van der Waals surface area contributed by atoms with Crippen molar-refractivity contribution in [3.05, 3.63) is 35.9 Å². The summed E-state index contributed by atoms with van der Waals surface area (Å²) >= 11 is 0. The third kappa shape index (κ3) is 3.92. The molecular weight excluding hydrogens is 288 g/mol. The van der Waals surface area contributed by atoms with E-state index in [1.165, 1.54) is 6.08 Å². The lowest BCUT2D eigenvalue weighted by Gasteiger charge is -2.34. The van der Waals surface area contributed by atoms with Crippen LogP contribution in [-0.4, -0.2) is 59.2 Å². The van der Waals surface area contributed by atoms with Gasteiger partial charge in [-0.3, -0.25) is 4.79 Å². The summed E-state index contributed by atoms with van der Waals surface area (Å²) < 4.78 is 10.4. The van der Waals surface area contributed by atoms with Gasteiger partial charge in [0.05, 0.1) is 19.8 Å². The van der Waals surface area contributed by atoms with E-state index in [0.29, 0.717) is 5.75 Å². The third-order valence-corrected chi connectivity index (χ3v) is 3.60. The van der Waals surface area contributed by atoms with E-state index in [4.69, 9.17) is 9.47 Å². The van der Waals surface area contributed by atoms with Crippen LogP contribution in [0, 0.1) is 0 Å². The molecule has 4 atom stereocenters. The maximum atomic E-state index is 12.0. The molecule has 22 heavy (non-hydrogen) atoms. The number of benzene rings is 1. The van der Waals surface area contributed by atoms with Gasteiger partial charge in [0.2, 0.25) is 0 Å². The quantitative estimate of drug-likeness (QED) is 0.670. The first-order valence-electron chi connectivity index (χ1n) is 7.02. The highest BCUT2D eigenvalue weighted by molar-refractivity contribution is 5.94. The van der Waals surface area contributed by atoms with E-state index in [2.05, 4.69) is 0 Å². The van der Waals surface area contributed by atoms with Crippen molar-refractivity contribution in [2.24, 2.45) is 0 Å². The normalized spacial score (nSPS) is 28.7. The van der Waals surface area contributed by atoms with Gasteiger partial charge in [-0.1, -0.05) is 18.2 Å². The molecule has 0 saturated carbocycles. The van der Waals surface area contributed by atoms with Gasteiger partial charge in [-0.15, -0.1) is 0 Å². The highest BCUT2D eigenvalue weighted by Gasteiger charge is 2.37. The minimum absolute atomic E-state index is 0.0728. The summed E-state index contributed by atoms with van der Waals surface area (Å²) in [5.74, 6) is 0.401. The Morgan fingerprint density at radius 1 is 1.32 bits per heavy atom. The molecular formula is C16H20O6. The van der Waals surface area contributed by atoms with Crippen molar-refractivity contribution >= 4 is 11.9 Å². The Balaban J connectivity index is 1.97. The summed E-state index contributed by atoms with van der Waals surface area (Å²) in [7, 11) is 1.55. The monoisotopic (exact) mass is 308 g/mol. The third-order valence-electron chi connectivity index (χ3n) is 3.60. The molecule has 0 bridgehead atoms. The first kappa shape index (κ1) is 16.6. The van der Waals surface area contributed by atoms with Crippen molar-refractivity contribution < 1.29 is 29.6 Å². The summed E-state index contributed by atoms with van der Waals surface area (Å²) in [6, 6.07) is 7.26. The summed E-state index contributed by atoms with van der Waals surface area (Å²) in [5, 5.41) is 28.7. The van der Waals surface area contributed by atoms with E-state index in [1.807, 2.05) is 18.2 Å². The molecule has 2 rings (SSSR count). The van der Waals surface area contributed by atoms with Crippen LogP contribution in [0.2, 0.25) is 0 Å². The average Bonchev–Trinajstić information content (AvgIpc) is 2.53. The van der Waals surface area contributed by atoms with E-state index in [1.54, 1.807) is 19.3 Å². The van der Waals surface area contributed by atoms with Crippen molar-refractivity contribution in [3.8, 4) is 5.75 Å². The van der Waals surface area contributed by atoms with Crippen LogP contribution < -0.4 is 4.74 Å². The Kier molecular flexibility index (Phi) is 5.68. The first-order chi connectivity index (χ1) is 10.5. The zero-order valence-corrected chi connectivity index (χ0v) is 12.3. The largest absolute Gasteiger partial charge is 0.496 e. The van der Waals surface area contributed by atoms with Gasteiger partial charge in [-0.2, -0.15) is 0 Å². The Morgan fingerprint density at radius 3 is 2.77 bits per heavy atom. The number of aliphatic hydroxyl groups is 3. The second-order valence-electron chi connectivity index (χ2n) is 5.17. The van der Waals surface area contributed by atoms with Crippen molar-refractivity contribution in [1.29, 1.82) is 0 Å². The molecule has 3 N–H and O–H groups in total. The molecule has 6 heteroatoms. The van der Waals surface area contributed by atoms with Gasteiger partial charge in [-0.25, -0.2) is 0 Å². The highest BCUT2D eigenvalue weighted by Crippen LogP contribution is 2.20. The number of aliphatic hydroxyl groups excluding tert-OH is 3. The number of rotatable bonds is 5. The number of para-hydroxylation sites is 1. The molecule has 1 saturated heterocycles. The molecule has 1 heterocycles. The second kappa shape index (κ2) is 7.51. The summed E-state index contributed by atoms with van der Waals surface area (Å²) in [6.45, 7) is -0.105. The molecule has 6 nitrogen and oxygen atoms in total. The van der Waals surface area contributed by atoms with Crippen molar-refractivity contribution in [3.63, 3.8) is 0 Å². The Morgan fingerprint density at radius 2 is 2.05 bits per heavy atom. The molecule has 1 aromatic carbocycles. The van der Waals surface area contributed by atoms with Crippen LogP contribution in [0.15, 0.2) is 30.3 Å².